The van der Waals surface area contributed by atoms with Gasteiger partial charge in [0.05, 0.1) is 0 Å². The third-order valence-corrected chi connectivity index (χ3v) is 4.14. The van der Waals surface area contributed by atoms with E-state index in [9.17, 15) is 14.0 Å². The molecule has 0 radical (unpaired) electrons. The van der Waals surface area contributed by atoms with Gasteiger partial charge in [0.15, 0.2) is 0 Å². The number of benzene rings is 1. The highest BCUT2D eigenvalue weighted by Crippen LogP contribution is 2.24. The Morgan fingerprint density at radius 1 is 1.38 bits per heavy atom. The number of nitrogens with zero attached hydrogens (tertiary/aromatic N) is 1. The topological polar surface area (TPSA) is 49.4 Å². The predicted molar refractivity (Wildman–Crippen MR) is 81.0 cm³/mol. The molecule has 6 heteroatoms. The lowest BCUT2D eigenvalue weighted by atomic mass is 9.95. The fourth-order valence-electron chi connectivity index (χ4n) is 2.52. The summed E-state index contributed by atoms with van der Waals surface area (Å²) in [6.45, 7) is 5.23. The normalized spacial score (nSPS) is 21.4. The number of hydrogen-bond donors (Lipinski definition) is 1. The van der Waals surface area contributed by atoms with Gasteiger partial charge >= 0.3 is 0 Å². The van der Waals surface area contributed by atoms with Gasteiger partial charge in [0, 0.05) is 16.6 Å². The van der Waals surface area contributed by atoms with E-state index in [1.54, 1.807) is 26.0 Å². The molecule has 1 unspecified atom stereocenters. The van der Waals surface area contributed by atoms with Crippen LogP contribution in [0.3, 0.4) is 0 Å². The highest BCUT2D eigenvalue weighted by Gasteiger charge is 2.44. The van der Waals surface area contributed by atoms with Crippen LogP contribution in [0.4, 0.5) is 4.39 Å². The van der Waals surface area contributed by atoms with Crippen molar-refractivity contribution in [1.29, 1.82) is 0 Å². The Balaban J connectivity index is 2.36. The number of rotatable bonds is 3. The van der Waals surface area contributed by atoms with Crippen LogP contribution in [0, 0.1) is 5.82 Å². The molecule has 1 aromatic carbocycles. The van der Waals surface area contributed by atoms with Crippen LogP contribution in [0.2, 0.25) is 0 Å². The smallest absolute Gasteiger partial charge is 0.248 e. The molecule has 21 heavy (non-hydrogen) atoms. The zero-order valence-corrected chi connectivity index (χ0v) is 13.8. The van der Waals surface area contributed by atoms with Crippen molar-refractivity contribution in [3.8, 4) is 0 Å². The number of piperazine rings is 1. The summed E-state index contributed by atoms with van der Waals surface area (Å²) in [6, 6.07) is 4.02. The molecule has 1 heterocycles. The highest BCUT2D eigenvalue weighted by atomic mass is 79.9. The van der Waals surface area contributed by atoms with Gasteiger partial charge in [-0.1, -0.05) is 22.9 Å². The third kappa shape index (κ3) is 3.10. The molecule has 0 saturated carbocycles. The van der Waals surface area contributed by atoms with E-state index >= 15 is 0 Å². The van der Waals surface area contributed by atoms with Crippen LogP contribution in [-0.4, -0.2) is 28.3 Å². The SMILES string of the molecule is CCC1C(=O)NC(C)(C)C(=O)N1Cc1cc(Br)ccc1F. The van der Waals surface area contributed by atoms with Gasteiger partial charge in [0.2, 0.25) is 11.8 Å². The molecule has 1 fully saturated rings. The van der Waals surface area contributed by atoms with Gasteiger partial charge in [0.1, 0.15) is 17.4 Å². The maximum atomic E-state index is 13.9. The molecule has 0 bridgehead atoms. The number of nitrogens with one attached hydrogen (secondary N) is 1. The quantitative estimate of drug-likeness (QED) is 0.904. The molecule has 2 amide bonds. The number of hydrogen-bond acceptors (Lipinski definition) is 2. The first-order valence-corrected chi connectivity index (χ1v) is 7.62. The fourth-order valence-corrected chi connectivity index (χ4v) is 2.93. The second-order valence-electron chi connectivity index (χ2n) is 5.71. The van der Waals surface area contributed by atoms with Crippen LogP contribution in [-0.2, 0) is 16.1 Å². The maximum absolute atomic E-state index is 13.9. The monoisotopic (exact) mass is 356 g/mol. The van der Waals surface area contributed by atoms with Gasteiger partial charge in [-0.25, -0.2) is 4.39 Å². The van der Waals surface area contributed by atoms with Crippen LogP contribution in [0.15, 0.2) is 22.7 Å². The van der Waals surface area contributed by atoms with Gasteiger partial charge in [-0.3, -0.25) is 9.59 Å². The number of amides is 2. The van der Waals surface area contributed by atoms with Crippen molar-refractivity contribution in [2.24, 2.45) is 0 Å². The molecule has 114 valence electrons. The largest absolute Gasteiger partial charge is 0.340 e. The van der Waals surface area contributed by atoms with Crippen LogP contribution in [0.1, 0.15) is 32.8 Å². The summed E-state index contributed by atoms with van der Waals surface area (Å²) < 4.78 is 14.6. The molecule has 1 atom stereocenters. The Morgan fingerprint density at radius 2 is 2.05 bits per heavy atom. The Morgan fingerprint density at radius 3 is 2.67 bits per heavy atom. The molecule has 1 saturated heterocycles. The van der Waals surface area contributed by atoms with E-state index in [0.717, 1.165) is 4.47 Å². The van der Waals surface area contributed by atoms with Crippen molar-refractivity contribution in [3.63, 3.8) is 0 Å². The minimum atomic E-state index is -0.967. The molecule has 0 spiro atoms. The number of halogens is 2. The van der Waals surface area contributed by atoms with Crippen molar-refractivity contribution in [3.05, 3.63) is 34.1 Å². The van der Waals surface area contributed by atoms with E-state index in [0.29, 0.717) is 12.0 Å². The van der Waals surface area contributed by atoms with Crippen molar-refractivity contribution in [2.75, 3.05) is 0 Å². The molecule has 1 N–H and O–H groups in total. The summed E-state index contributed by atoms with van der Waals surface area (Å²) in [5, 5.41) is 2.72. The summed E-state index contributed by atoms with van der Waals surface area (Å²) in [5.41, 5.74) is -0.577. The first-order chi connectivity index (χ1) is 9.76. The average Bonchev–Trinajstić information content (AvgIpc) is 2.39. The van der Waals surface area contributed by atoms with E-state index in [1.807, 2.05) is 6.92 Å². The van der Waals surface area contributed by atoms with Gasteiger partial charge < -0.3 is 10.2 Å². The zero-order chi connectivity index (χ0) is 15.8. The molecule has 1 aromatic rings. The molecular weight excluding hydrogens is 339 g/mol. The first-order valence-electron chi connectivity index (χ1n) is 6.83. The lowest BCUT2D eigenvalue weighted by Crippen LogP contribution is -2.67. The molecular formula is C15H18BrFN2O2. The van der Waals surface area contributed by atoms with E-state index < -0.39 is 11.6 Å². The van der Waals surface area contributed by atoms with Gasteiger partial charge in [-0.15, -0.1) is 0 Å². The lowest BCUT2D eigenvalue weighted by Gasteiger charge is -2.42. The standard InChI is InChI=1S/C15H18BrFN2O2/c1-4-12-13(20)18-15(2,3)14(21)19(12)8-9-7-10(16)5-6-11(9)17/h5-7,12H,4,8H2,1-3H3,(H,18,20). The first kappa shape index (κ1) is 15.9. The summed E-state index contributed by atoms with van der Waals surface area (Å²) in [4.78, 5) is 26.1. The third-order valence-electron chi connectivity index (χ3n) is 3.65. The lowest BCUT2D eigenvalue weighted by molar-refractivity contribution is -0.154. The average molecular weight is 357 g/mol. The summed E-state index contributed by atoms with van der Waals surface area (Å²) in [7, 11) is 0. The summed E-state index contributed by atoms with van der Waals surface area (Å²) >= 11 is 3.29. The minimum Gasteiger partial charge on any atom is -0.340 e. The molecule has 1 aliphatic heterocycles. The molecule has 0 aromatic heterocycles. The second-order valence-corrected chi connectivity index (χ2v) is 6.62. The van der Waals surface area contributed by atoms with Gasteiger partial charge in [-0.2, -0.15) is 0 Å². The van der Waals surface area contributed by atoms with E-state index in [4.69, 9.17) is 0 Å². The Kier molecular flexibility index (Phi) is 4.37. The van der Waals surface area contributed by atoms with E-state index in [1.165, 1.54) is 11.0 Å². The van der Waals surface area contributed by atoms with Crippen molar-refractivity contribution in [1.82, 2.24) is 10.2 Å². The zero-order valence-electron chi connectivity index (χ0n) is 12.2. The van der Waals surface area contributed by atoms with Crippen molar-refractivity contribution in [2.45, 2.75) is 45.3 Å². The number of carbonyl (C=O) groups is 2. The van der Waals surface area contributed by atoms with Crippen LogP contribution >= 0.6 is 15.9 Å². The van der Waals surface area contributed by atoms with E-state index in [2.05, 4.69) is 21.2 Å². The maximum Gasteiger partial charge on any atom is 0.248 e. The molecule has 2 rings (SSSR count). The number of carbonyl (C=O) groups excluding carboxylic acids is 2. The van der Waals surface area contributed by atoms with Crippen LogP contribution in [0.25, 0.3) is 0 Å². The highest BCUT2D eigenvalue weighted by molar-refractivity contribution is 9.10. The molecule has 4 nitrogen and oxygen atoms in total. The Bertz CT molecular complexity index is 589. The van der Waals surface area contributed by atoms with Crippen LogP contribution < -0.4 is 5.32 Å². The van der Waals surface area contributed by atoms with E-state index in [-0.39, 0.29) is 24.2 Å². The minimum absolute atomic E-state index is 0.0828. The Labute approximate surface area is 131 Å². The van der Waals surface area contributed by atoms with Crippen molar-refractivity contribution >= 4 is 27.7 Å². The van der Waals surface area contributed by atoms with Gasteiger partial charge in [0.25, 0.3) is 0 Å². The predicted octanol–water partition coefficient (Wildman–Crippen LogP) is 2.60. The molecule has 0 aliphatic carbocycles. The second kappa shape index (κ2) is 5.75. The summed E-state index contributed by atoms with van der Waals surface area (Å²) in [5.74, 6) is -0.782. The van der Waals surface area contributed by atoms with Crippen LogP contribution in [0.5, 0.6) is 0 Å². The van der Waals surface area contributed by atoms with Gasteiger partial charge in [-0.05, 0) is 38.5 Å². The van der Waals surface area contributed by atoms with Crippen molar-refractivity contribution < 1.29 is 14.0 Å². The Hall–Kier alpha value is -1.43. The fraction of sp³-hybridized carbons (Fsp3) is 0.467. The summed E-state index contributed by atoms with van der Waals surface area (Å²) in [6.07, 6.45) is 0.489. The molecule has 1 aliphatic rings.